The molecule has 8 aliphatic rings. The molecule has 5 nitrogen and oxygen atoms in total. The van der Waals surface area contributed by atoms with Crippen molar-refractivity contribution in [3.63, 3.8) is 0 Å². The van der Waals surface area contributed by atoms with Crippen LogP contribution in [-0.2, 0) is 28.0 Å². The van der Waals surface area contributed by atoms with Gasteiger partial charge < -0.3 is 14.2 Å². The Morgan fingerprint density at radius 2 is 2.00 bits per heavy atom. The van der Waals surface area contributed by atoms with E-state index in [9.17, 15) is 4.79 Å². The largest absolute Gasteiger partial charge is 0.485 e. The standard InChI is InChI=1S/C32H33NO4/c1-19(34)31-18-29-15-24(31)32(31,35-2)28-30(29)12-13-33(16-20-8-9-20)25(29)14-22-10-11-23(27(37-28)26(22)30)36-17-21-6-4-3-5-7-21/h3-7,10-11,15,20,25,28H,8-9,12-14,16-18H2,1-2H3/t25-,28-,29-,30?,31+,32+/m1/s1. The Morgan fingerprint density at radius 1 is 1.16 bits per heavy atom. The second-order valence-electron chi connectivity index (χ2n) is 12.8. The van der Waals surface area contributed by atoms with E-state index in [2.05, 4.69) is 35.2 Å². The number of carbonyl (C=O) groups excluding carboxylic acids is 1. The number of ketones is 1. The molecule has 37 heavy (non-hydrogen) atoms. The molecule has 2 aromatic rings. The van der Waals surface area contributed by atoms with Gasteiger partial charge in [0.1, 0.15) is 24.1 Å². The zero-order valence-corrected chi connectivity index (χ0v) is 21.6. The highest BCUT2D eigenvalue weighted by Crippen LogP contribution is 2.88. The van der Waals surface area contributed by atoms with Crippen molar-refractivity contribution < 1.29 is 19.0 Å². The molecular weight excluding hydrogens is 462 g/mol. The van der Waals surface area contributed by atoms with Crippen molar-refractivity contribution in [1.82, 2.24) is 4.90 Å². The number of carbonyl (C=O) groups is 1. The van der Waals surface area contributed by atoms with Gasteiger partial charge in [0.15, 0.2) is 11.5 Å². The summed E-state index contributed by atoms with van der Waals surface area (Å²) in [5.41, 5.74) is 3.70. The highest BCUT2D eigenvalue weighted by molar-refractivity contribution is 5.99. The van der Waals surface area contributed by atoms with Crippen LogP contribution in [0.1, 0.15) is 49.3 Å². The molecular formula is C32H33NO4. The molecule has 5 heteroatoms. The predicted octanol–water partition coefficient (Wildman–Crippen LogP) is 4.61. The van der Waals surface area contributed by atoms with Gasteiger partial charge in [0.05, 0.1) is 10.8 Å². The third-order valence-corrected chi connectivity index (χ3v) is 11.5. The summed E-state index contributed by atoms with van der Waals surface area (Å²) in [4.78, 5) is 16.2. The van der Waals surface area contributed by atoms with Crippen LogP contribution in [0.4, 0.5) is 0 Å². The van der Waals surface area contributed by atoms with Crippen molar-refractivity contribution in [2.75, 3.05) is 20.2 Å². The molecule has 6 atom stereocenters. The van der Waals surface area contributed by atoms with E-state index in [1.165, 1.54) is 36.1 Å². The van der Waals surface area contributed by atoms with Gasteiger partial charge in [-0.15, -0.1) is 0 Å². The lowest BCUT2D eigenvalue weighted by atomic mass is 9.41. The number of nitrogens with zero attached hydrogens (tertiary/aromatic N) is 1. The highest BCUT2D eigenvalue weighted by atomic mass is 16.6. The zero-order chi connectivity index (χ0) is 24.8. The molecule has 1 saturated heterocycles. The Balaban J connectivity index is 1.22. The van der Waals surface area contributed by atoms with Crippen LogP contribution < -0.4 is 9.47 Å². The SMILES string of the molecule is CO[C@]12C3=C[C@@]4(C[C@]31C(C)=O)[C@H]1Cc3ccc(OCc5ccccc5)c5c3C4(CCN1CC1CC1)[C@H]2O5. The fourth-order valence-electron chi connectivity index (χ4n) is 9.96. The van der Waals surface area contributed by atoms with Crippen LogP contribution in [-0.4, -0.2) is 48.6 Å². The Labute approximate surface area is 217 Å². The third kappa shape index (κ3) is 2.12. The van der Waals surface area contributed by atoms with Crippen molar-refractivity contribution in [3.05, 3.63) is 70.8 Å². The van der Waals surface area contributed by atoms with Gasteiger partial charge in [-0.25, -0.2) is 0 Å². The second kappa shape index (κ2) is 6.50. The van der Waals surface area contributed by atoms with Crippen molar-refractivity contribution in [3.8, 4) is 11.5 Å². The normalized spacial score (nSPS) is 41.1. The van der Waals surface area contributed by atoms with Crippen LogP contribution in [0.15, 0.2) is 54.1 Å². The number of ether oxygens (including phenoxy) is 3. The molecule has 0 N–H and O–H groups in total. The number of benzene rings is 2. The van der Waals surface area contributed by atoms with Crippen LogP contribution in [0.5, 0.6) is 11.5 Å². The molecule has 0 aromatic heterocycles. The average Bonchev–Trinajstić information content (AvgIpc) is 3.75. The Morgan fingerprint density at radius 3 is 2.73 bits per heavy atom. The molecule has 3 saturated carbocycles. The maximum Gasteiger partial charge on any atom is 0.166 e. The van der Waals surface area contributed by atoms with Gasteiger partial charge >= 0.3 is 0 Å². The zero-order valence-electron chi connectivity index (χ0n) is 21.6. The average molecular weight is 496 g/mol. The highest BCUT2D eigenvalue weighted by Gasteiger charge is 2.95. The first kappa shape index (κ1) is 21.3. The van der Waals surface area contributed by atoms with E-state index in [4.69, 9.17) is 14.2 Å². The topological polar surface area (TPSA) is 48.0 Å². The van der Waals surface area contributed by atoms with Crippen LogP contribution in [0.3, 0.4) is 0 Å². The number of likely N-dealkylation sites (tertiary alicyclic amines) is 1. The number of piperidine rings is 1. The van der Waals surface area contributed by atoms with Crippen molar-refractivity contribution in [2.24, 2.45) is 16.7 Å². The summed E-state index contributed by atoms with van der Waals surface area (Å²) in [6.07, 6.45) is 8.02. The molecule has 1 unspecified atom stereocenters. The van der Waals surface area contributed by atoms with Crippen LogP contribution >= 0.6 is 0 Å². The maximum absolute atomic E-state index is 13.4. The number of Topliss-reactive ketones (excluding diaryl/α,β-unsaturated/α-hetero) is 1. The summed E-state index contributed by atoms with van der Waals surface area (Å²) >= 11 is 0. The van der Waals surface area contributed by atoms with E-state index in [0.717, 1.165) is 48.8 Å². The lowest BCUT2D eigenvalue weighted by Gasteiger charge is -2.66. The van der Waals surface area contributed by atoms with Crippen molar-refractivity contribution in [2.45, 2.75) is 68.8 Å². The van der Waals surface area contributed by atoms with E-state index in [1.54, 1.807) is 14.0 Å². The van der Waals surface area contributed by atoms with Gasteiger partial charge in [-0.1, -0.05) is 42.5 Å². The number of methoxy groups -OCH3 is 1. The number of hydrogen-bond acceptors (Lipinski definition) is 5. The molecule has 0 amide bonds. The first-order valence-corrected chi connectivity index (χ1v) is 14.1. The number of rotatable bonds is 7. The first-order chi connectivity index (χ1) is 18.0. The summed E-state index contributed by atoms with van der Waals surface area (Å²) < 4.78 is 19.9. The molecule has 2 aliphatic heterocycles. The van der Waals surface area contributed by atoms with Crippen LogP contribution in [0.25, 0.3) is 0 Å². The van der Waals surface area contributed by atoms with E-state index in [1.807, 2.05) is 18.2 Å². The molecule has 10 rings (SSSR count). The fraction of sp³-hybridized carbons (Fsp3) is 0.531. The minimum atomic E-state index is -0.645. The van der Waals surface area contributed by atoms with Crippen molar-refractivity contribution >= 4 is 5.78 Å². The van der Waals surface area contributed by atoms with Crippen LogP contribution in [0.2, 0.25) is 0 Å². The third-order valence-electron chi connectivity index (χ3n) is 11.5. The van der Waals surface area contributed by atoms with E-state index >= 15 is 0 Å². The monoisotopic (exact) mass is 495 g/mol. The lowest BCUT2D eigenvalue weighted by molar-refractivity contribution is -0.179. The maximum atomic E-state index is 13.4. The molecule has 2 spiro atoms. The van der Waals surface area contributed by atoms with E-state index < -0.39 is 11.0 Å². The smallest absolute Gasteiger partial charge is 0.166 e. The Bertz CT molecular complexity index is 1410. The second-order valence-corrected chi connectivity index (χ2v) is 12.8. The van der Waals surface area contributed by atoms with Gasteiger partial charge in [0, 0.05) is 30.7 Å². The fourth-order valence-corrected chi connectivity index (χ4v) is 9.96. The molecule has 6 bridgehead atoms. The first-order valence-electron chi connectivity index (χ1n) is 14.1. The van der Waals surface area contributed by atoms with Gasteiger partial charge in [-0.3, -0.25) is 9.69 Å². The minimum absolute atomic E-state index is 0.0810. The molecule has 6 aliphatic carbocycles. The summed E-state index contributed by atoms with van der Waals surface area (Å²) in [5.74, 6) is 2.82. The predicted molar refractivity (Wildman–Crippen MR) is 138 cm³/mol. The van der Waals surface area contributed by atoms with Gasteiger partial charge in [-0.2, -0.15) is 0 Å². The summed E-state index contributed by atoms with van der Waals surface area (Å²) in [6, 6.07) is 15.1. The Hall–Kier alpha value is -2.63. The van der Waals surface area contributed by atoms with Gasteiger partial charge in [-0.05, 0) is 74.3 Å². The quantitative estimate of drug-likeness (QED) is 0.525. The minimum Gasteiger partial charge on any atom is -0.485 e. The molecule has 4 fully saturated rings. The summed E-state index contributed by atoms with van der Waals surface area (Å²) in [5, 5.41) is 0. The Kier molecular flexibility index (Phi) is 3.74. The van der Waals surface area contributed by atoms with E-state index in [0.29, 0.717) is 12.6 Å². The van der Waals surface area contributed by atoms with Crippen molar-refractivity contribution in [1.29, 1.82) is 0 Å². The van der Waals surface area contributed by atoms with Crippen LogP contribution in [0, 0.1) is 16.7 Å². The molecule has 0 radical (unpaired) electrons. The lowest BCUT2D eigenvalue weighted by Crippen LogP contribution is -2.75. The molecule has 2 aromatic carbocycles. The van der Waals surface area contributed by atoms with Gasteiger partial charge in [0.25, 0.3) is 0 Å². The summed E-state index contributed by atoms with van der Waals surface area (Å²) in [6.45, 7) is 4.56. The summed E-state index contributed by atoms with van der Waals surface area (Å²) in [7, 11) is 1.79. The van der Waals surface area contributed by atoms with E-state index in [-0.39, 0.29) is 22.7 Å². The molecule has 2 heterocycles. The van der Waals surface area contributed by atoms with Gasteiger partial charge in [0.2, 0.25) is 0 Å². The number of hydrogen-bond donors (Lipinski definition) is 0. The molecule has 190 valence electrons.